The molecule has 180 valence electrons. The number of H-pyrrole nitrogens is 1. The lowest BCUT2D eigenvalue weighted by atomic mass is 9.98. The Bertz CT molecular complexity index is 1330. The van der Waals surface area contributed by atoms with Gasteiger partial charge in [0.15, 0.2) is 5.82 Å². The number of nitrogens with one attached hydrogen (secondary N) is 3. The van der Waals surface area contributed by atoms with E-state index in [-0.39, 0.29) is 6.03 Å². The third-order valence-corrected chi connectivity index (χ3v) is 6.21. The molecule has 0 aliphatic carbocycles. The molecule has 2 heterocycles. The van der Waals surface area contributed by atoms with Crippen molar-refractivity contribution in [3.8, 4) is 11.1 Å². The highest BCUT2D eigenvalue weighted by molar-refractivity contribution is 6.03. The molecular formula is C26H29N7O2. The Hall–Kier alpha value is -3.92. The Morgan fingerprint density at radius 1 is 1.03 bits per heavy atom. The minimum atomic E-state index is -0.319. The number of fused-ring (bicyclic) bond motifs is 1. The summed E-state index contributed by atoms with van der Waals surface area (Å²) in [6.45, 7) is 4.56. The maximum absolute atomic E-state index is 12.4. The van der Waals surface area contributed by atoms with Gasteiger partial charge in [-0.05, 0) is 46.5 Å². The van der Waals surface area contributed by atoms with E-state index in [4.69, 9.17) is 16.2 Å². The summed E-state index contributed by atoms with van der Waals surface area (Å²) in [5.74, 6) is 0.472. The predicted octanol–water partition coefficient (Wildman–Crippen LogP) is 3.75. The number of carbonyl (C=O) groups excluding carboxylic acids is 1. The molecule has 1 fully saturated rings. The van der Waals surface area contributed by atoms with E-state index in [1.165, 1.54) is 0 Å². The van der Waals surface area contributed by atoms with Gasteiger partial charge in [-0.2, -0.15) is 5.10 Å². The maximum Gasteiger partial charge on any atom is 0.323 e. The average molecular weight is 472 g/mol. The van der Waals surface area contributed by atoms with Crippen LogP contribution < -0.4 is 22.1 Å². The van der Waals surface area contributed by atoms with Crippen LogP contribution in [0.5, 0.6) is 0 Å². The van der Waals surface area contributed by atoms with Crippen LogP contribution in [0.1, 0.15) is 11.1 Å². The number of morpholine rings is 1. The van der Waals surface area contributed by atoms with Gasteiger partial charge in [-0.3, -0.25) is 10.00 Å². The van der Waals surface area contributed by atoms with Crippen molar-refractivity contribution in [2.75, 3.05) is 42.7 Å². The zero-order chi connectivity index (χ0) is 24.2. The van der Waals surface area contributed by atoms with Crippen LogP contribution in [-0.4, -0.2) is 47.4 Å². The molecular weight excluding hydrogens is 442 g/mol. The number of hydrogen-bond acceptors (Lipinski definition) is 6. The number of urea groups is 1. The average Bonchev–Trinajstić information content (AvgIpc) is 3.27. The van der Waals surface area contributed by atoms with Gasteiger partial charge in [0.25, 0.3) is 0 Å². The molecule has 1 aliphatic heterocycles. The summed E-state index contributed by atoms with van der Waals surface area (Å²) in [5, 5.41) is 14.0. The lowest BCUT2D eigenvalue weighted by molar-refractivity contribution is 0.0343. The number of amides is 2. The van der Waals surface area contributed by atoms with E-state index < -0.39 is 0 Å². The van der Waals surface area contributed by atoms with E-state index in [9.17, 15) is 4.79 Å². The topological polar surface area (TPSA) is 134 Å². The van der Waals surface area contributed by atoms with E-state index in [0.29, 0.717) is 23.7 Å². The van der Waals surface area contributed by atoms with E-state index in [1.54, 1.807) is 0 Å². The van der Waals surface area contributed by atoms with Crippen molar-refractivity contribution in [2.45, 2.75) is 13.1 Å². The predicted molar refractivity (Wildman–Crippen MR) is 139 cm³/mol. The highest BCUT2D eigenvalue weighted by Gasteiger charge is 2.17. The molecule has 0 saturated carbocycles. The lowest BCUT2D eigenvalue weighted by Crippen LogP contribution is -2.35. The molecule has 9 nitrogen and oxygen atoms in total. The fourth-order valence-electron chi connectivity index (χ4n) is 4.39. The molecule has 0 unspecified atom stereocenters. The fourth-order valence-corrected chi connectivity index (χ4v) is 4.39. The van der Waals surface area contributed by atoms with Crippen LogP contribution in [-0.2, 0) is 17.8 Å². The van der Waals surface area contributed by atoms with Gasteiger partial charge in [0.1, 0.15) is 0 Å². The third kappa shape index (κ3) is 5.12. The summed E-state index contributed by atoms with van der Waals surface area (Å²) in [6.07, 6.45) is 0. The molecule has 1 saturated heterocycles. The first-order valence-electron chi connectivity index (χ1n) is 11.6. The zero-order valence-corrected chi connectivity index (χ0v) is 19.4. The van der Waals surface area contributed by atoms with Crippen LogP contribution in [0.15, 0.2) is 60.7 Å². The number of carbonyl (C=O) groups is 1. The smallest absolute Gasteiger partial charge is 0.323 e. The standard InChI is InChI=1S/C26H29N7O2/c27-15-17-2-1-3-21(14-17)30-26(34)29-20-7-4-18(5-8-20)22-9-6-19(16-33-10-12-35-13-11-33)24-23(22)25(28)32-31-24/h1-9,14H,10-13,15-16,27H2,(H3,28,31,32)(H2,29,30,34). The maximum atomic E-state index is 12.4. The van der Waals surface area contributed by atoms with Crippen molar-refractivity contribution in [1.82, 2.24) is 15.1 Å². The summed E-state index contributed by atoms with van der Waals surface area (Å²) >= 11 is 0. The molecule has 0 bridgehead atoms. The van der Waals surface area contributed by atoms with E-state index in [1.807, 2.05) is 48.5 Å². The highest BCUT2D eigenvalue weighted by Crippen LogP contribution is 2.34. The quantitative estimate of drug-likeness (QED) is 0.291. The van der Waals surface area contributed by atoms with Crippen molar-refractivity contribution in [1.29, 1.82) is 0 Å². The fraction of sp³-hybridized carbons (Fsp3) is 0.231. The van der Waals surface area contributed by atoms with Gasteiger partial charge in [-0.25, -0.2) is 4.79 Å². The van der Waals surface area contributed by atoms with Crippen LogP contribution >= 0.6 is 0 Å². The molecule has 35 heavy (non-hydrogen) atoms. The Labute approximate surface area is 203 Å². The molecule has 3 aromatic carbocycles. The number of nitrogens with zero attached hydrogens (tertiary/aromatic N) is 2. The van der Waals surface area contributed by atoms with Gasteiger partial charge in [0.2, 0.25) is 0 Å². The van der Waals surface area contributed by atoms with Crippen LogP contribution in [0, 0.1) is 0 Å². The SMILES string of the molecule is NCc1cccc(NC(=O)Nc2ccc(-c3ccc(CN4CCOCC4)c4[nH]nc(N)c34)cc2)c1. The Balaban J connectivity index is 1.32. The minimum Gasteiger partial charge on any atom is -0.382 e. The Morgan fingerprint density at radius 2 is 1.80 bits per heavy atom. The van der Waals surface area contributed by atoms with E-state index in [0.717, 1.165) is 66.0 Å². The molecule has 4 aromatic rings. The Kier molecular flexibility index (Phi) is 6.62. The largest absolute Gasteiger partial charge is 0.382 e. The van der Waals surface area contributed by atoms with Crippen molar-refractivity contribution in [3.05, 3.63) is 71.8 Å². The van der Waals surface area contributed by atoms with Crippen LogP contribution in [0.2, 0.25) is 0 Å². The second kappa shape index (κ2) is 10.1. The van der Waals surface area contributed by atoms with Gasteiger partial charge >= 0.3 is 6.03 Å². The van der Waals surface area contributed by atoms with Gasteiger partial charge in [-0.1, -0.05) is 36.4 Å². The molecule has 1 aromatic heterocycles. The summed E-state index contributed by atoms with van der Waals surface area (Å²) in [4.78, 5) is 14.8. The lowest BCUT2D eigenvalue weighted by Gasteiger charge is -2.26. The second-order valence-electron chi connectivity index (χ2n) is 8.58. The van der Waals surface area contributed by atoms with Crippen molar-refractivity contribution in [2.24, 2.45) is 5.73 Å². The summed E-state index contributed by atoms with van der Waals surface area (Å²) < 4.78 is 5.46. The van der Waals surface area contributed by atoms with E-state index >= 15 is 0 Å². The van der Waals surface area contributed by atoms with Gasteiger partial charge in [0.05, 0.1) is 24.1 Å². The molecule has 0 atom stereocenters. The van der Waals surface area contributed by atoms with Gasteiger partial charge in [-0.15, -0.1) is 0 Å². The van der Waals surface area contributed by atoms with Gasteiger partial charge in [0, 0.05) is 37.6 Å². The molecule has 9 heteroatoms. The first kappa shape index (κ1) is 22.9. The number of ether oxygens (including phenoxy) is 1. The second-order valence-corrected chi connectivity index (χ2v) is 8.58. The summed E-state index contributed by atoms with van der Waals surface area (Å²) in [7, 11) is 0. The number of nitrogens with two attached hydrogens (primary N) is 2. The zero-order valence-electron chi connectivity index (χ0n) is 19.4. The molecule has 2 amide bonds. The number of aromatic nitrogens is 2. The summed E-state index contributed by atoms with van der Waals surface area (Å²) in [6, 6.07) is 19.0. The molecule has 5 rings (SSSR count). The minimum absolute atomic E-state index is 0.319. The number of rotatable bonds is 6. The monoisotopic (exact) mass is 471 g/mol. The first-order valence-corrected chi connectivity index (χ1v) is 11.6. The first-order chi connectivity index (χ1) is 17.1. The number of aromatic amines is 1. The van der Waals surface area contributed by atoms with E-state index in [2.05, 4.69) is 37.9 Å². The van der Waals surface area contributed by atoms with Crippen LogP contribution in [0.3, 0.4) is 0 Å². The number of nitrogen functional groups attached to an aromatic ring is 1. The molecule has 0 spiro atoms. The molecule has 1 aliphatic rings. The third-order valence-electron chi connectivity index (χ3n) is 6.21. The number of benzene rings is 3. The van der Waals surface area contributed by atoms with Gasteiger partial charge < -0.3 is 26.8 Å². The normalized spacial score (nSPS) is 14.2. The van der Waals surface area contributed by atoms with Crippen molar-refractivity contribution in [3.63, 3.8) is 0 Å². The van der Waals surface area contributed by atoms with Crippen LogP contribution in [0.4, 0.5) is 22.0 Å². The molecule has 0 radical (unpaired) electrons. The number of anilines is 3. The Morgan fingerprint density at radius 3 is 2.57 bits per heavy atom. The molecule has 7 N–H and O–H groups in total. The van der Waals surface area contributed by atoms with Crippen molar-refractivity contribution >= 4 is 34.1 Å². The highest BCUT2D eigenvalue weighted by atomic mass is 16.5. The van der Waals surface area contributed by atoms with Crippen molar-refractivity contribution < 1.29 is 9.53 Å². The summed E-state index contributed by atoms with van der Waals surface area (Å²) in [5.41, 5.74) is 18.3. The number of hydrogen-bond donors (Lipinski definition) is 5. The van der Waals surface area contributed by atoms with Crippen LogP contribution in [0.25, 0.3) is 22.0 Å².